The number of anilines is 1. The lowest BCUT2D eigenvalue weighted by atomic mass is 9.98. The van der Waals surface area contributed by atoms with Crippen molar-refractivity contribution in [2.45, 2.75) is 18.7 Å². The van der Waals surface area contributed by atoms with Gasteiger partial charge in [-0.25, -0.2) is 0 Å². The molecule has 1 heterocycles. The lowest BCUT2D eigenvalue weighted by molar-refractivity contribution is 0.143. The van der Waals surface area contributed by atoms with Gasteiger partial charge in [-0.2, -0.15) is 0 Å². The highest BCUT2D eigenvalue weighted by Crippen LogP contribution is 2.28. The molecule has 1 aromatic rings. The molecule has 4 heteroatoms. The summed E-state index contributed by atoms with van der Waals surface area (Å²) in [6, 6.07) is 6.44. The molecular formula is C14H19BrClNO. The van der Waals surface area contributed by atoms with Gasteiger partial charge in [0.05, 0.1) is 6.61 Å². The zero-order chi connectivity index (χ0) is 13.0. The van der Waals surface area contributed by atoms with E-state index in [0.29, 0.717) is 11.8 Å². The summed E-state index contributed by atoms with van der Waals surface area (Å²) in [7, 11) is 1.78. The van der Waals surface area contributed by atoms with Crippen molar-refractivity contribution in [2.75, 3.05) is 31.7 Å². The molecule has 0 radical (unpaired) electrons. The van der Waals surface area contributed by atoms with Crippen LogP contribution in [0.25, 0.3) is 0 Å². The molecule has 18 heavy (non-hydrogen) atoms. The molecule has 1 aliphatic rings. The first-order valence-corrected chi connectivity index (χ1v) is 7.65. The van der Waals surface area contributed by atoms with E-state index in [1.807, 2.05) is 0 Å². The highest BCUT2D eigenvalue weighted by atomic mass is 79.9. The van der Waals surface area contributed by atoms with E-state index < -0.39 is 0 Å². The monoisotopic (exact) mass is 331 g/mol. The molecular weight excluding hydrogens is 314 g/mol. The van der Waals surface area contributed by atoms with E-state index in [4.69, 9.17) is 16.3 Å². The Morgan fingerprint density at radius 3 is 3.00 bits per heavy atom. The molecule has 1 aliphatic heterocycles. The predicted molar refractivity (Wildman–Crippen MR) is 80.5 cm³/mol. The maximum Gasteiger partial charge on any atom is 0.0507 e. The van der Waals surface area contributed by atoms with Crippen molar-refractivity contribution in [1.82, 2.24) is 0 Å². The Kier molecular flexibility index (Phi) is 5.34. The third-order valence-corrected chi connectivity index (χ3v) is 4.49. The summed E-state index contributed by atoms with van der Waals surface area (Å²) < 4.78 is 6.37. The first-order chi connectivity index (χ1) is 8.74. The predicted octanol–water partition coefficient (Wildman–Crippen LogP) is 4.05. The number of nitrogens with zero attached hydrogens (tertiary/aromatic N) is 1. The number of hydrogen-bond acceptors (Lipinski definition) is 2. The van der Waals surface area contributed by atoms with Gasteiger partial charge in [-0.05, 0) is 36.5 Å². The van der Waals surface area contributed by atoms with Crippen LogP contribution in [0.1, 0.15) is 18.4 Å². The summed E-state index contributed by atoms with van der Waals surface area (Å²) in [5.74, 6) is 1.20. The molecule has 1 saturated heterocycles. The normalized spacial score (nSPS) is 20.2. The van der Waals surface area contributed by atoms with Gasteiger partial charge >= 0.3 is 0 Å². The van der Waals surface area contributed by atoms with Gasteiger partial charge in [0.1, 0.15) is 0 Å². The Hall–Kier alpha value is -0.250. The second-order valence-corrected chi connectivity index (χ2v) is 5.94. The van der Waals surface area contributed by atoms with Gasteiger partial charge in [0.2, 0.25) is 0 Å². The molecule has 0 bridgehead atoms. The third kappa shape index (κ3) is 3.40. The van der Waals surface area contributed by atoms with Crippen LogP contribution in [-0.4, -0.2) is 26.8 Å². The molecule has 0 aromatic heterocycles. The number of halogens is 2. The van der Waals surface area contributed by atoms with Crippen LogP contribution in [-0.2, 0) is 10.6 Å². The SMILES string of the molecule is COCC1CCCN(c2ccc(CCl)c(Br)c2)C1. The van der Waals surface area contributed by atoms with E-state index in [0.717, 1.165) is 29.7 Å². The van der Waals surface area contributed by atoms with E-state index in [9.17, 15) is 0 Å². The minimum absolute atomic E-state index is 0.549. The highest BCUT2D eigenvalue weighted by Gasteiger charge is 2.20. The fraction of sp³-hybridized carbons (Fsp3) is 0.571. The van der Waals surface area contributed by atoms with Crippen LogP contribution in [0.4, 0.5) is 5.69 Å². The molecule has 0 N–H and O–H groups in total. The second-order valence-electron chi connectivity index (χ2n) is 4.82. The molecule has 0 aliphatic carbocycles. The van der Waals surface area contributed by atoms with Crippen LogP contribution < -0.4 is 4.90 Å². The van der Waals surface area contributed by atoms with Crippen molar-refractivity contribution in [3.05, 3.63) is 28.2 Å². The van der Waals surface area contributed by atoms with Gasteiger partial charge in [0.25, 0.3) is 0 Å². The van der Waals surface area contributed by atoms with Crippen LogP contribution in [0.2, 0.25) is 0 Å². The summed E-state index contributed by atoms with van der Waals surface area (Å²) in [6.07, 6.45) is 2.51. The summed E-state index contributed by atoms with van der Waals surface area (Å²) in [5.41, 5.74) is 2.42. The number of hydrogen-bond donors (Lipinski definition) is 0. The van der Waals surface area contributed by atoms with Gasteiger partial charge in [-0.15, -0.1) is 11.6 Å². The Balaban J connectivity index is 2.08. The van der Waals surface area contributed by atoms with Crippen LogP contribution in [0.15, 0.2) is 22.7 Å². The number of rotatable bonds is 4. The Morgan fingerprint density at radius 1 is 1.50 bits per heavy atom. The van der Waals surface area contributed by atoms with Crippen molar-refractivity contribution < 1.29 is 4.74 Å². The van der Waals surface area contributed by atoms with E-state index in [1.165, 1.54) is 18.5 Å². The Morgan fingerprint density at radius 2 is 2.33 bits per heavy atom. The fourth-order valence-corrected chi connectivity index (χ4v) is 3.41. The maximum atomic E-state index is 5.87. The zero-order valence-electron chi connectivity index (χ0n) is 10.7. The largest absolute Gasteiger partial charge is 0.384 e. The molecule has 0 amide bonds. The van der Waals surface area contributed by atoms with Gasteiger partial charge in [0, 0.05) is 36.2 Å². The minimum Gasteiger partial charge on any atom is -0.384 e. The Labute approximate surface area is 122 Å². The molecule has 100 valence electrons. The average molecular weight is 333 g/mol. The average Bonchev–Trinajstić information content (AvgIpc) is 2.39. The zero-order valence-corrected chi connectivity index (χ0v) is 13.0. The lowest BCUT2D eigenvalue weighted by Crippen LogP contribution is -2.37. The molecule has 1 fully saturated rings. The van der Waals surface area contributed by atoms with Gasteiger partial charge in [-0.3, -0.25) is 0 Å². The molecule has 1 unspecified atom stereocenters. The van der Waals surface area contributed by atoms with Crippen molar-refractivity contribution in [3.8, 4) is 0 Å². The van der Waals surface area contributed by atoms with Gasteiger partial charge < -0.3 is 9.64 Å². The van der Waals surface area contributed by atoms with E-state index in [-0.39, 0.29) is 0 Å². The fourth-order valence-electron chi connectivity index (χ4n) is 2.51. The maximum absolute atomic E-state index is 5.87. The van der Waals surface area contributed by atoms with Gasteiger partial charge in [0.15, 0.2) is 0 Å². The number of piperidine rings is 1. The number of methoxy groups -OCH3 is 1. The molecule has 0 saturated carbocycles. The standard InChI is InChI=1S/C14H19BrClNO/c1-18-10-11-3-2-6-17(9-11)13-5-4-12(8-16)14(15)7-13/h4-5,7,11H,2-3,6,8-10H2,1H3. The summed E-state index contributed by atoms with van der Waals surface area (Å²) in [5, 5.41) is 0. The van der Waals surface area contributed by atoms with Crippen LogP contribution in [0, 0.1) is 5.92 Å². The first-order valence-electron chi connectivity index (χ1n) is 6.33. The van der Waals surface area contributed by atoms with Crippen molar-refractivity contribution in [2.24, 2.45) is 5.92 Å². The first kappa shape index (κ1) is 14.2. The minimum atomic E-state index is 0.549. The molecule has 2 nitrogen and oxygen atoms in total. The molecule has 0 spiro atoms. The topological polar surface area (TPSA) is 12.5 Å². The Bertz CT molecular complexity index is 397. The van der Waals surface area contributed by atoms with Gasteiger partial charge in [-0.1, -0.05) is 22.0 Å². The summed E-state index contributed by atoms with van der Waals surface area (Å²) in [6.45, 7) is 3.07. The van der Waals surface area contributed by atoms with Crippen molar-refractivity contribution in [1.29, 1.82) is 0 Å². The van der Waals surface area contributed by atoms with Crippen LogP contribution >= 0.6 is 27.5 Å². The second kappa shape index (κ2) is 6.78. The number of ether oxygens (including phenoxy) is 1. The highest BCUT2D eigenvalue weighted by molar-refractivity contribution is 9.10. The van der Waals surface area contributed by atoms with Crippen molar-refractivity contribution >= 4 is 33.2 Å². The quantitative estimate of drug-likeness (QED) is 0.771. The van der Waals surface area contributed by atoms with E-state index in [2.05, 4.69) is 39.0 Å². The summed E-state index contributed by atoms with van der Waals surface area (Å²) >= 11 is 9.46. The molecule has 1 aromatic carbocycles. The smallest absolute Gasteiger partial charge is 0.0507 e. The third-order valence-electron chi connectivity index (χ3n) is 3.47. The molecule has 2 rings (SSSR count). The summed E-state index contributed by atoms with van der Waals surface area (Å²) in [4.78, 5) is 2.44. The van der Waals surface area contributed by atoms with Crippen LogP contribution in [0.3, 0.4) is 0 Å². The van der Waals surface area contributed by atoms with E-state index in [1.54, 1.807) is 7.11 Å². The lowest BCUT2D eigenvalue weighted by Gasteiger charge is -2.34. The van der Waals surface area contributed by atoms with Crippen LogP contribution in [0.5, 0.6) is 0 Å². The van der Waals surface area contributed by atoms with E-state index >= 15 is 0 Å². The van der Waals surface area contributed by atoms with Crippen molar-refractivity contribution in [3.63, 3.8) is 0 Å². The molecule has 1 atom stereocenters. The number of alkyl halides is 1. The number of benzene rings is 1.